The van der Waals surface area contributed by atoms with Gasteiger partial charge in [-0.25, -0.2) is 4.39 Å². The maximum atomic E-state index is 13.5. The minimum atomic E-state index is -0.324. The highest BCUT2D eigenvalue weighted by molar-refractivity contribution is 6.30. The van der Waals surface area contributed by atoms with Crippen LogP contribution in [0.3, 0.4) is 0 Å². The van der Waals surface area contributed by atoms with Crippen LogP contribution in [0.2, 0.25) is 5.02 Å². The summed E-state index contributed by atoms with van der Waals surface area (Å²) >= 11 is 5.69. The van der Waals surface area contributed by atoms with E-state index in [2.05, 4.69) is 5.32 Å². The van der Waals surface area contributed by atoms with Gasteiger partial charge in [-0.05, 0) is 13.0 Å². The second-order valence-electron chi connectivity index (χ2n) is 3.69. The van der Waals surface area contributed by atoms with E-state index in [0.717, 1.165) is 0 Å². The van der Waals surface area contributed by atoms with E-state index in [-0.39, 0.29) is 16.9 Å². The maximum absolute atomic E-state index is 13.5. The van der Waals surface area contributed by atoms with E-state index in [9.17, 15) is 4.39 Å². The van der Waals surface area contributed by atoms with Gasteiger partial charge in [0, 0.05) is 17.6 Å². The van der Waals surface area contributed by atoms with Gasteiger partial charge in [0.1, 0.15) is 5.82 Å². The smallest absolute Gasteiger partial charge is 0.146 e. The minimum Gasteiger partial charge on any atom is -0.308 e. The van der Waals surface area contributed by atoms with Crippen molar-refractivity contribution >= 4 is 11.6 Å². The molecule has 0 aliphatic heterocycles. The number of hydrogen-bond donors (Lipinski definition) is 1. The van der Waals surface area contributed by atoms with E-state index < -0.39 is 0 Å². The molecule has 0 aromatic heterocycles. The number of nitrogens with one attached hydrogen (secondary N) is 1. The van der Waals surface area contributed by atoms with Gasteiger partial charge in [-0.15, -0.1) is 0 Å². The third kappa shape index (κ3) is 2.69. The van der Waals surface area contributed by atoms with Crippen molar-refractivity contribution in [1.82, 2.24) is 5.32 Å². The molecule has 0 spiro atoms. The van der Waals surface area contributed by atoms with Gasteiger partial charge in [-0.1, -0.05) is 37.6 Å². The topological polar surface area (TPSA) is 12.0 Å². The summed E-state index contributed by atoms with van der Waals surface area (Å²) in [5, 5.41) is 3.41. The molecule has 3 heteroatoms. The molecule has 0 saturated heterocycles. The molecule has 1 N–H and O–H groups in total. The van der Waals surface area contributed by atoms with Crippen LogP contribution < -0.4 is 5.32 Å². The quantitative estimate of drug-likeness (QED) is 0.814. The van der Waals surface area contributed by atoms with Gasteiger partial charge >= 0.3 is 0 Å². The standard InChI is InChI=1S/C11H15ClFN/c1-7(2)14-8(3)9-5-4-6-10(12)11(9)13/h4-8,14H,1-3H3/t8-/m1/s1. The van der Waals surface area contributed by atoms with E-state index in [1.807, 2.05) is 20.8 Å². The molecule has 78 valence electrons. The van der Waals surface area contributed by atoms with Crippen molar-refractivity contribution in [2.24, 2.45) is 0 Å². The van der Waals surface area contributed by atoms with Crippen molar-refractivity contribution in [2.75, 3.05) is 0 Å². The van der Waals surface area contributed by atoms with Gasteiger partial charge < -0.3 is 5.32 Å². The number of benzene rings is 1. The predicted octanol–water partition coefficient (Wildman–Crippen LogP) is 3.54. The summed E-state index contributed by atoms with van der Waals surface area (Å²) in [6, 6.07) is 5.38. The highest BCUT2D eigenvalue weighted by Crippen LogP contribution is 2.23. The summed E-state index contributed by atoms with van der Waals surface area (Å²) in [4.78, 5) is 0. The van der Waals surface area contributed by atoms with Crippen LogP contribution in [-0.2, 0) is 0 Å². The maximum Gasteiger partial charge on any atom is 0.146 e. The van der Waals surface area contributed by atoms with Gasteiger partial charge in [0.15, 0.2) is 0 Å². The van der Waals surface area contributed by atoms with Crippen LogP contribution in [0.1, 0.15) is 32.4 Å². The molecule has 0 saturated carbocycles. The molecule has 1 atom stereocenters. The van der Waals surface area contributed by atoms with Crippen molar-refractivity contribution in [3.05, 3.63) is 34.6 Å². The zero-order valence-corrected chi connectivity index (χ0v) is 9.40. The highest BCUT2D eigenvalue weighted by Gasteiger charge is 2.13. The summed E-state index contributed by atoms with van der Waals surface area (Å²) in [5.74, 6) is -0.324. The molecule has 1 aromatic rings. The minimum absolute atomic E-state index is 0.0197. The van der Waals surface area contributed by atoms with Gasteiger partial charge in [0.25, 0.3) is 0 Å². The number of rotatable bonds is 3. The zero-order valence-electron chi connectivity index (χ0n) is 8.64. The summed E-state index contributed by atoms with van der Waals surface area (Å²) in [7, 11) is 0. The molecule has 0 heterocycles. The monoisotopic (exact) mass is 215 g/mol. The fourth-order valence-corrected chi connectivity index (χ4v) is 1.63. The number of hydrogen-bond acceptors (Lipinski definition) is 1. The van der Waals surface area contributed by atoms with Gasteiger partial charge in [0.2, 0.25) is 0 Å². The van der Waals surface area contributed by atoms with Crippen LogP contribution >= 0.6 is 11.6 Å². The zero-order chi connectivity index (χ0) is 10.7. The van der Waals surface area contributed by atoms with E-state index in [4.69, 9.17) is 11.6 Å². The van der Waals surface area contributed by atoms with Crippen LogP contribution in [0.5, 0.6) is 0 Å². The first-order valence-corrected chi connectivity index (χ1v) is 5.10. The van der Waals surface area contributed by atoms with Crippen molar-refractivity contribution in [1.29, 1.82) is 0 Å². The van der Waals surface area contributed by atoms with Crippen LogP contribution in [-0.4, -0.2) is 6.04 Å². The lowest BCUT2D eigenvalue weighted by Crippen LogP contribution is -2.26. The molecule has 0 aliphatic carbocycles. The highest BCUT2D eigenvalue weighted by atomic mass is 35.5. The Morgan fingerprint density at radius 2 is 1.93 bits per heavy atom. The molecule has 0 bridgehead atoms. The Bertz CT molecular complexity index is 312. The molecule has 1 nitrogen and oxygen atoms in total. The lowest BCUT2D eigenvalue weighted by molar-refractivity contribution is 0.483. The molecule has 0 unspecified atom stereocenters. The Labute approximate surface area is 89.3 Å². The Hall–Kier alpha value is -0.600. The van der Waals surface area contributed by atoms with Crippen molar-refractivity contribution in [3.63, 3.8) is 0 Å². The lowest BCUT2D eigenvalue weighted by atomic mass is 10.1. The third-order valence-electron chi connectivity index (χ3n) is 2.03. The first-order valence-electron chi connectivity index (χ1n) is 4.72. The average Bonchev–Trinajstić information content (AvgIpc) is 2.08. The summed E-state index contributed by atoms with van der Waals surface area (Å²) in [5.41, 5.74) is 0.617. The Morgan fingerprint density at radius 3 is 2.50 bits per heavy atom. The van der Waals surface area contributed by atoms with E-state index >= 15 is 0 Å². The average molecular weight is 216 g/mol. The Kier molecular flexibility index (Phi) is 3.90. The van der Waals surface area contributed by atoms with E-state index in [1.165, 1.54) is 0 Å². The normalized spacial score (nSPS) is 13.3. The van der Waals surface area contributed by atoms with E-state index in [0.29, 0.717) is 11.6 Å². The molecular weight excluding hydrogens is 201 g/mol. The van der Waals surface area contributed by atoms with Gasteiger partial charge in [0.05, 0.1) is 5.02 Å². The van der Waals surface area contributed by atoms with Gasteiger partial charge in [-0.2, -0.15) is 0 Å². The molecule has 0 amide bonds. The molecule has 0 fully saturated rings. The molecule has 1 aromatic carbocycles. The molecule has 1 rings (SSSR count). The first-order chi connectivity index (χ1) is 6.52. The van der Waals surface area contributed by atoms with Crippen molar-refractivity contribution in [3.8, 4) is 0 Å². The fraction of sp³-hybridized carbons (Fsp3) is 0.455. The fourth-order valence-electron chi connectivity index (χ4n) is 1.44. The van der Waals surface area contributed by atoms with Crippen LogP contribution in [0.15, 0.2) is 18.2 Å². The third-order valence-corrected chi connectivity index (χ3v) is 2.32. The molecular formula is C11H15ClFN. The van der Waals surface area contributed by atoms with Crippen LogP contribution in [0.4, 0.5) is 4.39 Å². The first kappa shape index (κ1) is 11.5. The van der Waals surface area contributed by atoms with Crippen molar-refractivity contribution < 1.29 is 4.39 Å². The summed E-state index contributed by atoms with van der Waals surface area (Å²) < 4.78 is 13.5. The van der Waals surface area contributed by atoms with Crippen molar-refractivity contribution in [2.45, 2.75) is 32.9 Å². The Morgan fingerprint density at radius 1 is 1.29 bits per heavy atom. The SMILES string of the molecule is CC(C)N[C@H](C)c1cccc(Cl)c1F. The van der Waals surface area contributed by atoms with Crippen LogP contribution in [0, 0.1) is 5.82 Å². The second-order valence-corrected chi connectivity index (χ2v) is 4.09. The molecule has 0 aliphatic rings. The Balaban J connectivity index is 2.89. The second kappa shape index (κ2) is 4.76. The predicted molar refractivity (Wildman–Crippen MR) is 58.1 cm³/mol. The van der Waals surface area contributed by atoms with Gasteiger partial charge in [-0.3, -0.25) is 0 Å². The number of halogens is 2. The summed E-state index contributed by atoms with van der Waals surface area (Å²) in [6.45, 7) is 5.98. The van der Waals surface area contributed by atoms with E-state index in [1.54, 1.807) is 18.2 Å². The molecule has 0 radical (unpaired) electrons. The molecule has 14 heavy (non-hydrogen) atoms. The van der Waals surface area contributed by atoms with Crippen LogP contribution in [0.25, 0.3) is 0 Å². The largest absolute Gasteiger partial charge is 0.308 e. The summed E-state index contributed by atoms with van der Waals surface area (Å²) in [6.07, 6.45) is 0. The lowest BCUT2D eigenvalue weighted by Gasteiger charge is -2.18.